The van der Waals surface area contributed by atoms with Crippen LogP contribution in [0.15, 0.2) is 27.8 Å². The summed E-state index contributed by atoms with van der Waals surface area (Å²) < 4.78 is 0. The second-order valence-electron chi connectivity index (χ2n) is 2.96. The van der Waals surface area contributed by atoms with Crippen LogP contribution in [-0.2, 0) is 0 Å². The Hall–Kier alpha value is -1.84. The highest BCUT2D eigenvalue weighted by atomic mass is 16.2. The van der Waals surface area contributed by atoms with E-state index in [1.165, 1.54) is 0 Å². The lowest BCUT2D eigenvalue weighted by Gasteiger charge is -1.96. The third-order valence-corrected chi connectivity index (χ3v) is 1.89. The Morgan fingerprint density at radius 2 is 1.73 bits per heavy atom. The lowest BCUT2D eigenvalue weighted by Crippen LogP contribution is -2.21. The number of aromatic amines is 2. The van der Waals surface area contributed by atoms with Crippen molar-refractivity contribution in [3.63, 3.8) is 0 Å². The van der Waals surface area contributed by atoms with Gasteiger partial charge in [-0.1, -0.05) is 19.9 Å². The van der Waals surface area contributed by atoms with Crippen molar-refractivity contribution in [2.45, 2.75) is 20.8 Å². The summed E-state index contributed by atoms with van der Waals surface area (Å²) >= 11 is 0. The van der Waals surface area contributed by atoms with E-state index >= 15 is 0 Å². The molecule has 15 heavy (non-hydrogen) atoms. The van der Waals surface area contributed by atoms with Crippen molar-refractivity contribution < 1.29 is 0 Å². The number of aromatic nitrogens is 2. The number of H-pyrrole nitrogens is 2. The zero-order valence-electron chi connectivity index (χ0n) is 9.05. The molecule has 0 spiro atoms. The number of nitrogens with one attached hydrogen (secondary N) is 2. The molecule has 0 amide bonds. The Morgan fingerprint density at radius 3 is 2.40 bits per heavy atom. The molecular weight excluding hydrogens is 192 g/mol. The molecule has 2 rings (SSSR count). The lowest BCUT2D eigenvalue weighted by atomic mass is 10.2. The van der Waals surface area contributed by atoms with Crippen LogP contribution >= 0.6 is 0 Å². The summed E-state index contributed by atoms with van der Waals surface area (Å²) in [6.07, 6.45) is 0. The number of rotatable bonds is 0. The fourth-order valence-corrected chi connectivity index (χ4v) is 1.28. The van der Waals surface area contributed by atoms with Gasteiger partial charge >= 0.3 is 5.69 Å². The second-order valence-corrected chi connectivity index (χ2v) is 2.96. The molecule has 1 aromatic heterocycles. The molecule has 80 valence electrons. The molecule has 0 radical (unpaired) electrons. The maximum Gasteiger partial charge on any atom is 0.326 e. The average molecular weight is 206 g/mol. The van der Waals surface area contributed by atoms with Gasteiger partial charge in [0.2, 0.25) is 0 Å². The molecule has 4 nitrogen and oxygen atoms in total. The maximum absolute atomic E-state index is 11.2. The molecule has 1 aromatic carbocycles. The minimum Gasteiger partial charge on any atom is -0.307 e. The molecule has 0 fully saturated rings. The predicted octanol–water partition coefficient (Wildman–Crippen LogP) is 1.55. The largest absolute Gasteiger partial charge is 0.326 e. The van der Waals surface area contributed by atoms with Gasteiger partial charge in [-0.3, -0.25) is 9.78 Å². The molecule has 0 atom stereocenters. The molecule has 0 unspecified atom stereocenters. The van der Waals surface area contributed by atoms with Gasteiger partial charge in [0, 0.05) is 0 Å². The SMILES string of the molecule is CC.Cc1ccc2c(=O)[nH]c(=O)[nH]c2c1. The molecule has 0 bridgehead atoms. The smallest absolute Gasteiger partial charge is 0.307 e. The van der Waals surface area contributed by atoms with Crippen molar-refractivity contribution in [1.29, 1.82) is 0 Å². The highest BCUT2D eigenvalue weighted by Crippen LogP contribution is 2.06. The standard InChI is InChI=1S/C9H8N2O2.C2H6/c1-5-2-3-6-7(4-5)10-9(13)11-8(6)12;1-2/h2-4H,1H3,(H2,10,11,12,13);1-2H3. The quantitative estimate of drug-likeness (QED) is 0.686. The van der Waals surface area contributed by atoms with E-state index in [2.05, 4.69) is 9.97 Å². The molecule has 0 aliphatic carbocycles. The number of hydrogen-bond acceptors (Lipinski definition) is 2. The highest BCUT2D eigenvalue weighted by Gasteiger charge is 1.98. The summed E-state index contributed by atoms with van der Waals surface area (Å²) in [6, 6.07) is 5.29. The summed E-state index contributed by atoms with van der Waals surface area (Å²) in [5, 5.41) is 0.505. The van der Waals surface area contributed by atoms with E-state index in [0.29, 0.717) is 10.9 Å². The van der Waals surface area contributed by atoms with Gasteiger partial charge < -0.3 is 4.98 Å². The summed E-state index contributed by atoms with van der Waals surface area (Å²) in [6.45, 7) is 5.90. The first kappa shape index (κ1) is 11.2. The fraction of sp³-hybridized carbons (Fsp3) is 0.273. The number of fused-ring (bicyclic) bond motifs is 1. The third-order valence-electron chi connectivity index (χ3n) is 1.89. The first-order valence-corrected chi connectivity index (χ1v) is 4.90. The van der Waals surface area contributed by atoms with Crippen molar-refractivity contribution in [3.8, 4) is 0 Å². The van der Waals surface area contributed by atoms with Crippen molar-refractivity contribution in [3.05, 3.63) is 44.6 Å². The second kappa shape index (κ2) is 4.59. The van der Waals surface area contributed by atoms with Crippen molar-refractivity contribution in [1.82, 2.24) is 9.97 Å². The van der Waals surface area contributed by atoms with Crippen LogP contribution in [-0.4, -0.2) is 9.97 Å². The summed E-state index contributed by atoms with van der Waals surface area (Å²) in [5.74, 6) is 0. The molecule has 0 aliphatic heterocycles. The van der Waals surface area contributed by atoms with Gasteiger partial charge in [-0.15, -0.1) is 0 Å². The molecule has 0 saturated heterocycles. The topological polar surface area (TPSA) is 65.7 Å². The van der Waals surface area contributed by atoms with E-state index in [-0.39, 0.29) is 5.56 Å². The minimum atomic E-state index is -0.469. The lowest BCUT2D eigenvalue weighted by molar-refractivity contribution is 1.08. The Kier molecular flexibility index (Phi) is 3.44. The maximum atomic E-state index is 11.2. The Bertz CT molecular complexity index is 567. The Balaban J connectivity index is 0.000000531. The van der Waals surface area contributed by atoms with Gasteiger partial charge in [0.05, 0.1) is 10.9 Å². The summed E-state index contributed by atoms with van der Waals surface area (Å²) in [4.78, 5) is 26.9. The first-order chi connectivity index (χ1) is 7.16. The van der Waals surface area contributed by atoms with Gasteiger partial charge in [-0.25, -0.2) is 4.79 Å². The van der Waals surface area contributed by atoms with Crippen LogP contribution < -0.4 is 11.2 Å². The van der Waals surface area contributed by atoms with Crippen LogP contribution in [0.3, 0.4) is 0 Å². The zero-order valence-corrected chi connectivity index (χ0v) is 9.05. The van der Waals surface area contributed by atoms with E-state index in [4.69, 9.17) is 0 Å². The monoisotopic (exact) mass is 206 g/mol. The Labute approximate surface area is 87.0 Å². The molecule has 2 aromatic rings. The molecule has 1 heterocycles. The van der Waals surface area contributed by atoms with Crippen LogP contribution in [0.1, 0.15) is 19.4 Å². The van der Waals surface area contributed by atoms with Gasteiger partial charge in [-0.05, 0) is 24.6 Å². The summed E-state index contributed by atoms with van der Waals surface area (Å²) in [7, 11) is 0. The van der Waals surface area contributed by atoms with Crippen molar-refractivity contribution in [2.24, 2.45) is 0 Å². The van der Waals surface area contributed by atoms with Crippen LogP contribution in [0.2, 0.25) is 0 Å². The van der Waals surface area contributed by atoms with E-state index < -0.39 is 5.69 Å². The Morgan fingerprint density at radius 1 is 1.07 bits per heavy atom. The summed E-state index contributed by atoms with van der Waals surface area (Å²) in [5.41, 5.74) is 0.768. The van der Waals surface area contributed by atoms with Crippen LogP contribution in [0, 0.1) is 6.92 Å². The first-order valence-electron chi connectivity index (χ1n) is 4.90. The van der Waals surface area contributed by atoms with E-state index in [0.717, 1.165) is 5.56 Å². The van der Waals surface area contributed by atoms with Crippen molar-refractivity contribution in [2.75, 3.05) is 0 Å². The van der Waals surface area contributed by atoms with Gasteiger partial charge in [0.25, 0.3) is 5.56 Å². The number of aryl methyl sites for hydroxylation is 1. The van der Waals surface area contributed by atoms with Gasteiger partial charge in [0.15, 0.2) is 0 Å². The minimum absolute atomic E-state index is 0.348. The molecule has 0 aliphatic rings. The van der Waals surface area contributed by atoms with Crippen LogP contribution in [0.4, 0.5) is 0 Å². The average Bonchev–Trinajstić information content (AvgIpc) is 2.19. The van der Waals surface area contributed by atoms with Gasteiger partial charge in [-0.2, -0.15) is 0 Å². The highest BCUT2D eigenvalue weighted by molar-refractivity contribution is 5.77. The third kappa shape index (κ3) is 2.34. The van der Waals surface area contributed by atoms with E-state index in [9.17, 15) is 9.59 Å². The molecule has 4 heteroatoms. The van der Waals surface area contributed by atoms with Gasteiger partial charge in [0.1, 0.15) is 0 Å². The van der Waals surface area contributed by atoms with E-state index in [1.807, 2.05) is 26.8 Å². The van der Waals surface area contributed by atoms with Crippen LogP contribution in [0.5, 0.6) is 0 Å². The van der Waals surface area contributed by atoms with E-state index in [1.54, 1.807) is 12.1 Å². The molecular formula is C11H14N2O2. The molecule has 0 saturated carbocycles. The molecule has 2 N–H and O–H groups in total. The van der Waals surface area contributed by atoms with Crippen LogP contribution in [0.25, 0.3) is 10.9 Å². The normalized spacial score (nSPS) is 9.53. The number of hydrogen-bond donors (Lipinski definition) is 2. The predicted molar refractivity (Wildman–Crippen MR) is 61.3 cm³/mol. The zero-order chi connectivity index (χ0) is 11.4. The number of benzene rings is 1. The fourth-order valence-electron chi connectivity index (χ4n) is 1.28. The van der Waals surface area contributed by atoms with Crippen molar-refractivity contribution >= 4 is 10.9 Å².